The van der Waals surface area contributed by atoms with Gasteiger partial charge in [0.1, 0.15) is 0 Å². The Morgan fingerprint density at radius 3 is 1.61 bits per heavy atom. The highest BCUT2D eigenvalue weighted by Gasteiger charge is 2.22. The standard InChI is InChI=1S/C28H50O5/c1-4-5-18-31-19-26(20-32-27(29)16-14-24-10-6-22(2)7-11-24)21-33-28(30)17-15-25-12-8-23(3)9-13-25/h22-26H,4-21H2,1-3H3. The van der Waals surface area contributed by atoms with Crippen molar-refractivity contribution in [3.05, 3.63) is 0 Å². The van der Waals surface area contributed by atoms with E-state index in [9.17, 15) is 9.59 Å². The summed E-state index contributed by atoms with van der Waals surface area (Å²) in [5.41, 5.74) is 0. The summed E-state index contributed by atoms with van der Waals surface area (Å²) in [6.45, 7) is 8.44. The maximum atomic E-state index is 12.3. The van der Waals surface area contributed by atoms with Crippen LogP contribution in [0.2, 0.25) is 0 Å². The number of esters is 2. The minimum atomic E-state index is -0.134. The summed E-state index contributed by atoms with van der Waals surface area (Å²) in [5, 5.41) is 0. The fourth-order valence-electron chi connectivity index (χ4n) is 5.09. The molecule has 2 aliphatic carbocycles. The molecule has 0 radical (unpaired) electrons. The van der Waals surface area contributed by atoms with Gasteiger partial charge in [0.25, 0.3) is 0 Å². The van der Waals surface area contributed by atoms with Crippen LogP contribution in [-0.2, 0) is 23.8 Å². The second kappa shape index (κ2) is 16.5. The van der Waals surface area contributed by atoms with Crippen molar-refractivity contribution >= 4 is 11.9 Å². The molecule has 0 unspecified atom stereocenters. The molecule has 192 valence electrons. The van der Waals surface area contributed by atoms with Crippen molar-refractivity contribution < 1.29 is 23.8 Å². The molecule has 0 aromatic heterocycles. The second-order valence-electron chi connectivity index (χ2n) is 11.0. The molecule has 0 saturated heterocycles. The predicted octanol–water partition coefficient (Wildman–Crippen LogP) is 6.72. The number of carbonyl (C=O) groups excluding carboxylic acids is 2. The molecule has 0 spiro atoms. The minimum absolute atomic E-state index is 0.0965. The second-order valence-corrected chi connectivity index (χ2v) is 11.0. The zero-order valence-electron chi connectivity index (χ0n) is 21.7. The van der Waals surface area contributed by atoms with Gasteiger partial charge in [0, 0.05) is 19.4 Å². The van der Waals surface area contributed by atoms with Crippen LogP contribution in [0.4, 0.5) is 0 Å². The Labute approximate surface area is 202 Å². The zero-order valence-corrected chi connectivity index (χ0v) is 21.7. The van der Waals surface area contributed by atoms with E-state index in [2.05, 4.69) is 20.8 Å². The Hall–Kier alpha value is -1.10. The molecule has 33 heavy (non-hydrogen) atoms. The van der Waals surface area contributed by atoms with Gasteiger partial charge in [-0.15, -0.1) is 0 Å². The molecule has 0 N–H and O–H groups in total. The molecular weight excluding hydrogens is 416 g/mol. The molecule has 0 aromatic rings. The van der Waals surface area contributed by atoms with Crippen molar-refractivity contribution in [3.63, 3.8) is 0 Å². The first kappa shape index (κ1) is 28.1. The summed E-state index contributed by atoms with van der Waals surface area (Å²) in [6.07, 6.45) is 15.0. The normalized spacial score (nSPS) is 26.5. The fourth-order valence-corrected chi connectivity index (χ4v) is 5.09. The Morgan fingerprint density at radius 2 is 1.18 bits per heavy atom. The van der Waals surface area contributed by atoms with Crippen molar-refractivity contribution in [2.45, 2.75) is 111 Å². The van der Waals surface area contributed by atoms with Crippen LogP contribution in [0.15, 0.2) is 0 Å². The first-order valence-corrected chi connectivity index (χ1v) is 13.8. The Bertz CT molecular complexity index is 490. The largest absolute Gasteiger partial charge is 0.465 e. The van der Waals surface area contributed by atoms with E-state index in [-0.39, 0.29) is 31.1 Å². The topological polar surface area (TPSA) is 61.8 Å². The first-order chi connectivity index (χ1) is 16.0. The summed E-state index contributed by atoms with van der Waals surface area (Å²) in [5.74, 6) is 2.62. The van der Waals surface area contributed by atoms with Crippen LogP contribution in [-0.4, -0.2) is 38.4 Å². The third-order valence-electron chi connectivity index (χ3n) is 7.74. The van der Waals surface area contributed by atoms with Gasteiger partial charge in [-0.2, -0.15) is 0 Å². The van der Waals surface area contributed by atoms with E-state index < -0.39 is 0 Å². The smallest absolute Gasteiger partial charge is 0.305 e. The molecule has 0 bridgehead atoms. The maximum absolute atomic E-state index is 12.3. The maximum Gasteiger partial charge on any atom is 0.305 e. The molecule has 0 aromatic carbocycles. The minimum Gasteiger partial charge on any atom is -0.465 e. The first-order valence-electron chi connectivity index (χ1n) is 13.8. The van der Waals surface area contributed by atoms with Crippen molar-refractivity contribution in [2.24, 2.45) is 29.6 Å². The van der Waals surface area contributed by atoms with Gasteiger partial charge in [-0.3, -0.25) is 9.59 Å². The van der Waals surface area contributed by atoms with E-state index in [4.69, 9.17) is 14.2 Å². The van der Waals surface area contributed by atoms with E-state index >= 15 is 0 Å². The van der Waals surface area contributed by atoms with Crippen molar-refractivity contribution in [2.75, 3.05) is 26.4 Å². The van der Waals surface area contributed by atoms with Crippen LogP contribution in [0.3, 0.4) is 0 Å². The van der Waals surface area contributed by atoms with Gasteiger partial charge < -0.3 is 14.2 Å². The van der Waals surface area contributed by atoms with Gasteiger partial charge >= 0.3 is 11.9 Å². The van der Waals surface area contributed by atoms with Gasteiger partial charge in [0.2, 0.25) is 0 Å². The van der Waals surface area contributed by atoms with E-state index in [0.717, 1.165) is 37.5 Å². The predicted molar refractivity (Wildman–Crippen MR) is 132 cm³/mol. The van der Waals surface area contributed by atoms with Crippen LogP contribution in [0.5, 0.6) is 0 Å². The van der Waals surface area contributed by atoms with Gasteiger partial charge in [-0.25, -0.2) is 0 Å². The summed E-state index contributed by atoms with van der Waals surface area (Å²) in [4.78, 5) is 24.6. The number of hydrogen-bond acceptors (Lipinski definition) is 5. The highest BCUT2D eigenvalue weighted by atomic mass is 16.6. The van der Waals surface area contributed by atoms with E-state index in [1.807, 2.05) is 0 Å². The molecule has 5 heteroatoms. The molecule has 2 aliphatic rings. The third kappa shape index (κ3) is 12.8. The number of ether oxygens (including phenoxy) is 3. The molecule has 2 saturated carbocycles. The van der Waals surface area contributed by atoms with Gasteiger partial charge in [-0.05, 0) is 42.9 Å². The average molecular weight is 467 g/mol. The molecular formula is C28H50O5. The van der Waals surface area contributed by atoms with Crippen molar-refractivity contribution in [3.8, 4) is 0 Å². The summed E-state index contributed by atoms with van der Waals surface area (Å²) in [7, 11) is 0. The monoisotopic (exact) mass is 466 g/mol. The molecule has 0 atom stereocenters. The number of hydrogen-bond donors (Lipinski definition) is 0. The molecule has 0 heterocycles. The van der Waals surface area contributed by atoms with Crippen LogP contribution in [0.25, 0.3) is 0 Å². The lowest BCUT2D eigenvalue weighted by atomic mass is 9.81. The Kier molecular flexibility index (Phi) is 14.1. The van der Waals surface area contributed by atoms with Crippen LogP contribution in [0, 0.1) is 29.6 Å². The molecule has 0 aliphatic heterocycles. The highest BCUT2D eigenvalue weighted by molar-refractivity contribution is 5.69. The van der Waals surface area contributed by atoms with Crippen LogP contribution in [0.1, 0.15) is 111 Å². The van der Waals surface area contributed by atoms with Crippen LogP contribution < -0.4 is 0 Å². The van der Waals surface area contributed by atoms with E-state index in [1.165, 1.54) is 51.4 Å². The summed E-state index contributed by atoms with van der Waals surface area (Å²) in [6, 6.07) is 0. The van der Waals surface area contributed by atoms with E-state index in [1.54, 1.807) is 0 Å². The van der Waals surface area contributed by atoms with Gasteiger partial charge in [-0.1, -0.05) is 78.6 Å². The third-order valence-corrected chi connectivity index (χ3v) is 7.74. The van der Waals surface area contributed by atoms with Gasteiger partial charge in [0.05, 0.1) is 25.7 Å². The fraction of sp³-hybridized carbons (Fsp3) is 0.929. The number of unbranched alkanes of at least 4 members (excludes halogenated alkanes) is 1. The van der Waals surface area contributed by atoms with Crippen LogP contribution >= 0.6 is 0 Å². The van der Waals surface area contributed by atoms with Crippen molar-refractivity contribution in [1.29, 1.82) is 0 Å². The summed E-state index contributed by atoms with van der Waals surface area (Å²) >= 11 is 0. The lowest BCUT2D eigenvalue weighted by Gasteiger charge is -2.26. The molecule has 5 nitrogen and oxygen atoms in total. The van der Waals surface area contributed by atoms with Crippen molar-refractivity contribution in [1.82, 2.24) is 0 Å². The quantitative estimate of drug-likeness (QED) is 0.198. The SMILES string of the molecule is CCCCOCC(COC(=O)CCC1CCC(C)CC1)COC(=O)CCC1CCC(C)CC1. The highest BCUT2D eigenvalue weighted by Crippen LogP contribution is 2.32. The Balaban J connectivity index is 1.65. The zero-order chi connectivity index (χ0) is 23.9. The number of carbonyl (C=O) groups is 2. The average Bonchev–Trinajstić information content (AvgIpc) is 2.82. The number of rotatable bonds is 15. The van der Waals surface area contributed by atoms with Gasteiger partial charge in [0.15, 0.2) is 0 Å². The summed E-state index contributed by atoms with van der Waals surface area (Å²) < 4.78 is 16.9. The Morgan fingerprint density at radius 1 is 0.727 bits per heavy atom. The van der Waals surface area contributed by atoms with E-state index in [0.29, 0.717) is 37.9 Å². The lowest BCUT2D eigenvalue weighted by Crippen LogP contribution is -2.26. The lowest BCUT2D eigenvalue weighted by molar-refractivity contribution is -0.150. The molecule has 2 fully saturated rings. The molecule has 2 rings (SSSR count). The molecule has 0 amide bonds.